The van der Waals surface area contributed by atoms with Gasteiger partial charge >= 0.3 is 0 Å². The van der Waals surface area contributed by atoms with Gasteiger partial charge in [-0.1, -0.05) is 37.5 Å². The predicted octanol–water partition coefficient (Wildman–Crippen LogP) is 3.06. The lowest BCUT2D eigenvalue weighted by Gasteiger charge is -2.42. The van der Waals surface area contributed by atoms with E-state index in [2.05, 4.69) is 44.1 Å². The molecular weight excluding hydrogens is 416 g/mol. The van der Waals surface area contributed by atoms with E-state index >= 15 is 0 Å². The van der Waals surface area contributed by atoms with Gasteiger partial charge in [-0.15, -0.1) is 0 Å². The number of morpholine rings is 1. The summed E-state index contributed by atoms with van der Waals surface area (Å²) in [5.41, 5.74) is 3.33. The number of anilines is 1. The molecule has 2 saturated heterocycles. The summed E-state index contributed by atoms with van der Waals surface area (Å²) in [5.74, 6) is 1.03. The predicted molar refractivity (Wildman–Crippen MR) is 128 cm³/mol. The van der Waals surface area contributed by atoms with Crippen LogP contribution in [0.1, 0.15) is 55.5 Å². The Morgan fingerprint density at radius 1 is 1.06 bits per heavy atom. The van der Waals surface area contributed by atoms with E-state index in [0.717, 1.165) is 70.3 Å². The Kier molecular flexibility index (Phi) is 5.63. The van der Waals surface area contributed by atoms with E-state index in [-0.39, 0.29) is 11.5 Å². The molecule has 3 fully saturated rings. The number of nitrogens with zero attached hydrogens (tertiary/aromatic N) is 5. The third kappa shape index (κ3) is 4.06. The number of hydrogen-bond donors (Lipinski definition) is 1. The Morgan fingerprint density at radius 2 is 1.85 bits per heavy atom. The molecule has 0 unspecified atom stereocenters. The standard InChI is InChI=1S/C25H32N6O2/c32-25-21-14-26-31(20-7-2-1-3-8-20)24(21)27-23(28-25)19-16-30(17-19)22-9-5-4-6-18(22)15-29-10-12-33-13-11-29/h4-6,9,14,19-20H,1-3,7-8,10-13,15-17H2,(H,27,28,32). The number of hydrogen-bond acceptors (Lipinski definition) is 6. The highest BCUT2D eigenvalue weighted by Gasteiger charge is 2.32. The summed E-state index contributed by atoms with van der Waals surface area (Å²) in [7, 11) is 0. The second kappa shape index (κ2) is 8.91. The summed E-state index contributed by atoms with van der Waals surface area (Å²) >= 11 is 0. The Balaban J connectivity index is 1.20. The fourth-order valence-corrected chi connectivity index (χ4v) is 5.54. The molecule has 1 N–H and O–H groups in total. The largest absolute Gasteiger partial charge is 0.379 e. The molecule has 0 bridgehead atoms. The summed E-state index contributed by atoms with van der Waals surface area (Å²) in [4.78, 5) is 25.6. The molecule has 0 spiro atoms. The molecule has 4 heterocycles. The zero-order valence-corrected chi connectivity index (χ0v) is 19.1. The van der Waals surface area contributed by atoms with E-state index in [9.17, 15) is 4.79 Å². The lowest BCUT2D eigenvalue weighted by atomic mass is 9.95. The zero-order chi connectivity index (χ0) is 22.2. The quantitative estimate of drug-likeness (QED) is 0.646. The van der Waals surface area contributed by atoms with Gasteiger partial charge < -0.3 is 14.6 Å². The Labute approximate surface area is 193 Å². The maximum Gasteiger partial charge on any atom is 0.262 e. The Morgan fingerprint density at radius 3 is 2.67 bits per heavy atom. The van der Waals surface area contributed by atoms with Gasteiger partial charge in [0.15, 0.2) is 5.65 Å². The summed E-state index contributed by atoms with van der Waals surface area (Å²) < 4.78 is 7.51. The van der Waals surface area contributed by atoms with Crippen molar-refractivity contribution in [3.05, 3.63) is 52.2 Å². The number of fused-ring (bicyclic) bond motifs is 1. The summed E-state index contributed by atoms with van der Waals surface area (Å²) in [6.45, 7) is 6.27. The van der Waals surface area contributed by atoms with Gasteiger partial charge in [-0.05, 0) is 24.5 Å². The van der Waals surface area contributed by atoms with E-state index in [1.54, 1.807) is 6.20 Å². The number of rotatable bonds is 5. The fraction of sp³-hybridized carbons (Fsp3) is 0.560. The van der Waals surface area contributed by atoms with Crippen molar-refractivity contribution in [3.63, 3.8) is 0 Å². The van der Waals surface area contributed by atoms with Crippen molar-refractivity contribution < 1.29 is 4.74 Å². The monoisotopic (exact) mass is 448 g/mol. The first kappa shape index (κ1) is 20.9. The Bertz CT molecular complexity index is 1170. The molecule has 3 aliphatic rings. The second-order valence-corrected chi connectivity index (χ2v) is 9.69. The smallest absolute Gasteiger partial charge is 0.262 e. The Hall–Kier alpha value is -2.71. The van der Waals surface area contributed by atoms with Crippen LogP contribution < -0.4 is 10.5 Å². The van der Waals surface area contributed by atoms with Crippen LogP contribution in [-0.4, -0.2) is 64.0 Å². The molecular formula is C25H32N6O2. The zero-order valence-electron chi connectivity index (χ0n) is 19.1. The highest BCUT2D eigenvalue weighted by molar-refractivity contribution is 5.73. The summed E-state index contributed by atoms with van der Waals surface area (Å²) in [6.07, 6.45) is 7.68. The minimum atomic E-state index is -0.0665. The van der Waals surface area contributed by atoms with Gasteiger partial charge in [0.2, 0.25) is 0 Å². The lowest BCUT2D eigenvalue weighted by Crippen LogP contribution is -2.47. The van der Waals surface area contributed by atoms with Crippen molar-refractivity contribution in [1.29, 1.82) is 0 Å². The van der Waals surface area contributed by atoms with Gasteiger partial charge in [0, 0.05) is 38.4 Å². The maximum atomic E-state index is 12.8. The van der Waals surface area contributed by atoms with E-state index in [0.29, 0.717) is 11.4 Å². The molecule has 2 aliphatic heterocycles. The molecule has 0 radical (unpaired) electrons. The van der Waals surface area contributed by atoms with Crippen LogP contribution in [0, 0.1) is 0 Å². The van der Waals surface area contributed by atoms with Gasteiger partial charge in [-0.25, -0.2) is 9.67 Å². The van der Waals surface area contributed by atoms with Crippen molar-refractivity contribution in [2.24, 2.45) is 0 Å². The maximum absolute atomic E-state index is 12.8. The van der Waals surface area contributed by atoms with Gasteiger partial charge in [0.25, 0.3) is 5.56 Å². The second-order valence-electron chi connectivity index (χ2n) is 9.69. The minimum absolute atomic E-state index is 0.0665. The van der Waals surface area contributed by atoms with Crippen LogP contribution in [0.25, 0.3) is 11.0 Å². The topological polar surface area (TPSA) is 79.3 Å². The van der Waals surface area contributed by atoms with Crippen LogP contribution in [0.4, 0.5) is 5.69 Å². The van der Waals surface area contributed by atoms with Gasteiger partial charge in [-0.2, -0.15) is 5.10 Å². The molecule has 6 rings (SSSR count). The minimum Gasteiger partial charge on any atom is -0.379 e. The molecule has 1 saturated carbocycles. The van der Waals surface area contributed by atoms with E-state index in [1.807, 2.05) is 4.68 Å². The van der Waals surface area contributed by atoms with Crippen molar-refractivity contribution in [1.82, 2.24) is 24.6 Å². The molecule has 1 aliphatic carbocycles. The first-order chi connectivity index (χ1) is 16.3. The molecule has 0 atom stereocenters. The van der Waals surface area contributed by atoms with Crippen LogP contribution in [0.2, 0.25) is 0 Å². The van der Waals surface area contributed by atoms with Gasteiger partial charge in [0.1, 0.15) is 11.2 Å². The molecule has 8 nitrogen and oxygen atoms in total. The average Bonchev–Trinajstić information content (AvgIpc) is 3.25. The van der Waals surface area contributed by atoms with Crippen LogP contribution in [0.5, 0.6) is 0 Å². The summed E-state index contributed by atoms with van der Waals surface area (Å²) in [5, 5.41) is 5.17. The van der Waals surface area contributed by atoms with Crippen molar-refractivity contribution in [2.45, 2.75) is 50.6 Å². The fourth-order valence-electron chi connectivity index (χ4n) is 5.54. The molecule has 2 aromatic heterocycles. The number of ether oxygens (including phenoxy) is 1. The average molecular weight is 449 g/mol. The highest BCUT2D eigenvalue weighted by atomic mass is 16.5. The normalized spacial score (nSPS) is 20.9. The van der Waals surface area contributed by atoms with E-state index in [4.69, 9.17) is 9.72 Å². The number of aromatic nitrogens is 4. The van der Waals surface area contributed by atoms with Crippen LogP contribution in [0.3, 0.4) is 0 Å². The van der Waals surface area contributed by atoms with E-state index < -0.39 is 0 Å². The van der Waals surface area contributed by atoms with Crippen LogP contribution in [-0.2, 0) is 11.3 Å². The highest BCUT2D eigenvalue weighted by Crippen LogP contribution is 2.34. The molecule has 3 aromatic rings. The third-order valence-electron chi connectivity index (χ3n) is 7.50. The van der Waals surface area contributed by atoms with Crippen molar-refractivity contribution in [3.8, 4) is 0 Å². The SMILES string of the molecule is O=c1[nH]c(C2CN(c3ccccc3CN3CCOCC3)C2)nc2c1cnn2C1CCCCC1. The number of nitrogens with one attached hydrogen (secondary N) is 1. The van der Waals surface area contributed by atoms with Crippen molar-refractivity contribution >= 4 is 16.7 Å². The first-order valence-electron chi connectivity index (χ1n) is 12.4. The number of benzene rings is 1. The molecule has 1 aromatic carbocycles. The molecule has 8 heteroatoms. The number of aromatic amines is 1. The van der Waals surface area contributed by atoms with E-state index in [1.165, 1.54) is 30.5 Å². The third-order valence-corrected chi connectivity index (χ3v) is 7.50. The lowest BCUT2D eigenvalue weighted by molar-refractivity contribution is 0.0342. The molecule has 0 amide bonds. The first-order valence-corrected chi connectivity index (χ1v) is 12.4. The number of para-hydroxylation sites is 1. The summed E-state index contributed by atoms with van der Waals surface area (Å²) in [6, 6.07) is 9.04. The molecule has 33 heavy (non-hydrogen) atoms. The van der Waals surface area contributed by atoms with Crippen molar-refractivity contribution in [2.75, 3.05) is 44.3 Å². The van der Waals surface area contributed by atoms with Gasteiger partial charge in [0.05, 0.1) is 31.4 Å². The number of H-pyrrole nitrogens is 1. The van der Waals surface area contributed by atoms with Gasteiger partial charge in [-0.3, -0.25) is 9.69 Å². The van der Waals surface area contributed by atoms with Crippen LogP contribution >= 0.6 is 0 Å². The van der Waals surface area contributed by atoms with Crippen LogP contribution in [0.15, 0.2) is 35.3 Å². The molecule has 174 valence electrons.